The van der Waals surface area contributed by atoms with Crippen LogP contribution in [0.5, 0.6) is 0 Å². The van der Waals surface area contributed by atoms with E-state index in [-0.39, 0.29) is 0 Å². The molecule has 0 aliphatic heterocycles. The van der Waals surface area contributed by atoms with Gasteiger partial charge in [0, 0.05) is 0 Å². The second-order valence-electron chi connectivity index (χ2n) is 12.9. The first-order valence-electron chi connectivity index (χ1n) is 22.6. The summed E-state index contributed by atoms with van der Waals surface area (Å²) in [6.07, 6.45) is 0. The van der Waals surface area contributed by atoms with Gasteiger partial charge < -0.3 is 0 Å². The van der Waals surface area contributed by atoms with Crippen LogP contribution < -0.4 is 0 Å². The van der Waals surface area contributed by atoms with Gasteiger partial charge in [0.2, 0.25) is 0 Å². The van der Waals surface area contributed by atoms with Gasteiger partial charge in [0.15, 0.2) is 0 Å². The van der Waals surface area contributed by atoms with Gasteiger partial charge in [0.05, 0.1) is 0 Å². The van der Waals surface area contributed by atoms with Crippen molar-refractivity contribution >= 4 is 450 Å². The van der Waals surface area contributed by atoms with Gasteiger partial charge in [-0.1, -0.05) is 0 Å². The van der Waals surface area contributed by atoms with Crippen molar-refractivity contribution < 1.29 is 4.65 Å². The normalized spacial score (nSPS) is 7.84. The zero-order valence-corrected chi connectivity index (χ0v) is 40.1. The third kappa shape index (κ3) is 72.2. The van der Waals surface area contributed by atoms with Gasteiger partial charge in [-0.15, -0.1) is 0 Å². The molecule has 0 saturated carbocycles. The van der Waals surface area contributed by atoms with E-state index in [0.717, 1.165) is 0 Å². The molecule has 0 atom stereocenters. The Labute approximate surface area is 457 Å². The number of hydrogen-bond acceptors (Lipinski definition) is 1. The van der Waals surface area contributed by atoms with Crippen LogP contribution in [0, 0.1) is 0 Å². The summed E-state index contributed by atoms with van der Waals surface area (Å²) in [6.45, 7) is 128. The van der Waals surface area contributed by atoms with Crippen LogP contribution in [0.2, 0.25) is 0 Å². The van der Waals surface area contributed by atoms with Crippen molar-refractivity contribution in [2.75, 3.05) is 7.11 Å². The van der Waals surface area contributed by atoms with Gasteiger partial charge in [-0.25, -0.2) is 0 Å². The first-order valence-corrected chi connectivity index (χ1v) is 22.6. The van der Waals surface area contributed by atoms with Gasteiger partial charge in [-0.05, 0) is 0 Å². The molecule has 0 saturated heterocycles. The standard InChI is InChI=1S/CH3B67O/c1-69-68-67-66-65-64-63-62-61-60-59-58-57-56-55-54-53-52-51-50-49-48-47-46-45-44-43-42-41-40-39-38-37-36-35-34-33-32-31-30-29-28-27-26-25-24-23-22-21-20-19-18-17-16-15-14-13-12-11-10-9-8-7-6-5-4-3-2/h1H3. The second-order valence-corrected chi connectivity index (χ2v) is 12.9. The third-order valence-corrected chi connectivity index (χ3v) is 7.33. The van der Waals surface area contributed by atoms with E-state index in [2.05, 4.69) is 0 Å². The fourth-order valence-electron chi connectivity index (χ4n) is 4.17. The summed E-state index contributed by atoms with van der Waals surface area (Å²) in [5, 5.41) is 0. The molecule has 0 N–H and O–H groups in total. The molecule has 0 amide bonds. The van der Waals surface area contributed by atoms with Crippen molar-refractivity contribution in [3.05, 3.63) is 0 Å². The van der Waals surface area contributed by atoms with Crippen LogP contribution in [0.25, 0.3) is 0 Å². The van der Waals surface area contributed by atoms with Crippen molar-refractivity contribution in [2.24, 2.45) is 0 Å². The molecule has 0 aromatic rings. The average Bonchev–Trinajstić information content (AvgIpc) is 3.36. The maximum absolute atomic E-state index is 5.26. The molecule has 0 aliphatic rings. The maximum atomic E-state index is 5.26. The molecule has 0 aliphatic carbocycles. The molecule has 0 rings (SSSR count). The average molecular weight is 755 g/mol. The molecule has 68 heteroatoms. The van der Waals surface area contributed by atoms with E-state index in [1.807, 2.05) is 422 Å². The number of hydrogen-bond donors (Lipinski definition) is 0. The van der Waals surface area contributed by atoms with Crippen molar-refractivity contribution in [2.45, 2.75) is 0 Å². The summed E-state index contributed by atoms with van der Waals surface area (Å²) < 4.78 is 4.82. The molecule has 0 heterocycles. The molecule has 0 aromatic heterocycles. The molecular weight excluding hydrogens is 752 g/mol. The fourth-order valence-corrected chi connectivity index (χ4v) is 4.17. The van der Waals surface area contributed by atoms with E-state index in [0.29, 0.717) is 0 Å². The predicted octanol–water partition coefficient (Wildman–Crippen LogP) is -25.4. The second kappa shape index (κ2) is 72.2. The SMILES string of the molecule is [B]B=BB=BB=BB=BB=BB=BB=BB=BB=BB=BB=BB=BB=BB=BB=BB=BB=BB=BB=BB=BB=BB=BB=BB=BB=BB=BB=BB=BB=BB=BB=BB=BB=BOC. The van der Waals surface area contributed by atoms with Crippen molar-refractivity contribution in [1.82, 2.24) is 0 Å². The summed E-state index contributed by atoms with van der Waals surface area (Å²) in [5.41, 5.74) is 0. The summed E-state index contributed by atoms with van der Waals surface area (Å²) in [7, 11) is 8.51. The van der Waals surface area contributed by atoms with Crippen LogP contribution in [0.4, 0.5) is 0 Å². The van der Waals surface area contributed by atoms with Crippen LogP contribution >= 0.6 is 0 Å². The Morgan fingerprint density at radius 3 is 0.319 bits per heavy atom. The summed E-state index contributed by atoms with van der Waals surface area (Å²) in [5.74, 6) is 0. The van der Waals surface area contributed by atoms with E-state index in [1.54, 1.807) is 20.8 Å². The Morgan fingerprint density at radius 1 is 0.145 bits per heavy atom. The Bertz CT molecular complexity index is 2330. The van der Waals surface area contributed by atoms with Gasteiger partial charge in [0.1, 0.15) is 0 Å². The van der Waals surface area contributed by atoms with E-state index in [9.17, 15) is 0 Å². The Kier molecular flexibility index (Phi) is 76.5. The Morgan fingerprint density at radius 2 is 0.232 bits per heavy atom. The zero-order valence-electron chi connectivity index (χ0n) is 40.1. The first-order chi connectivity index (χ1) is 34.4. The molecule has 0 bridgehead atoms. The molecule has 2 radical (unpaired) electrons. The molecule has 0 spiro atoms. The monoisotopic (exact) mass is 769 g/mol. The Balaban J connectivity index is 4.09. The minimum absolute atomic E-state index is 1.50. The topological polar surface area (TPSA) is 9.23 Å². The summed E-state index contributed by atoms with van der Waals surface area (Å²) in [4.78, 5) is 0. The predicted molar refractivity (Wildman–Crippen MR) is 393 cm³/mol. The van der Waals surface area contributed by atoms with Gasteiger partial charge in [-0.2, -0.15) is 0 Å². The van der Waals surface area contributed by atoms with Crippen LogP contribution in [0.15, 0.2) is 0 Å². The van der Waals surface area contributed by atoms with E-state index < -0.39 is 0 Å². The summed E-state index contributed by atoms with van der Waals surface area (Å²) >= 11 is 0. The van der Waals surface area contributed by atoms with Gasteiger partial charge in [0.25, 0.3) is 0 Å². The van der Waals surface area contributed by atoms with E-state index in [1.165, 1.54) is 6.69 Å². The molecule has 0 unspecified atom stereocenters. The van der Waals surface area contributed by atoms with Gasteiger partial charge in [-0.3, -0.25) is 0 Å². The van der Waals surface area contributed by atoms with Crippen LogP contribution in [-0.2, 0) is 4.65 Å². The Hall–Kier alpha value is 4.15. The molecule has 214 valence electrons. The molecule has 1 nitrogen and oxygen atoms in total. The van der Waals surface area contributed by atoms with Crippen molar-refractivity contribution in [3.8, 4) is 0 Å². The molecule has 0 aromatic carbocycles. The van der Waals surface area contributed by atoms with Crippen LogP contribution in [-0.4, -0.2) is 457 Å². The first kappa shape index (κ1) is 73.2. The zero-order chi connectivity index (χ0) is 49.4. The van der Waals surface area contributed by atoms with E-state index >= 15 is 0 Å². The van der Waals surface area contributed by atoms with Crippen LogP contribution in [0.3, 0.4) is 0 Å². The third-order valence-electron chi connectivity index (χ3n) is 7.33. The minimum atomic E-state index is 1.50. The number of rotatable bonds is 33. The summed E-state index contributed by atoms with van der Waals surface area (Å²) in [6, 6.07) is 0. The quantitative estimate of drug-likeness (QED) is 0.0606. The van der Waals surface area contributed by atoms with Crippen molar-refractivity contribution in [3.63, 3.8) is 0 Å². The molecule has 0 fully saturated rings. The van der Waals surface area contributed by atoms with Crippen molar-refractivity contribution in [1.29, 1.82) is 0 Å². The van der Waals surface area contributed by atoms with E-state index in [4.69, 9.17) is 12.4 Å². The molecule has 69 heavy (non-hydrogen) atoms. The van der Waals surface area contributed by atoms with Crippen LogP contribution in [0.1, 0.15) is 0 Å². The molecular formula is CH3B67O. The van der Waals surface area contributed by atoms with Gasteiger partial charge >= 0.3 is 462 Å². The fraction of sp³-hybridized carbons (Fsp3) is 1.00.